The monoisotopic (exact) mass is 571 g/mol. The molecule has 6 nitrogen and oxygen atoms in total. The van der Waals surface area contributed by atoms with Crippen LogP contribution in [-0.4, -0.2) is 49.5 Å². The van der Waals surface area contributed by atoms with Gasteiger partial charge in [0.25, 0.3) is 0 Å². The Labute approximate surface area is 225 Å². The molecule has 3 aromatic rings. The molecule has 0 spiro atoms. The van der Waals surface area contributed by atoms with Gasteiger partial charge in [0.05, 0.1) is 16.5 Å². The third-order valence-electron chi connectivity index (χ3n) is 6.40. The highest BCUT2D eigenvalue weighted by molar-refractivity contribution is 7.90. The van der Waals surface area contributed by atoms with E-state index in [1.54, 1.807) is 12.1 Å². The lowest BCUT2D eigenvalue weighted by Gasteiger charge is -2.40. The normalized spacial score (nSPS) is 20.5. The summed E-state index contributed by atoms with van der Waals surface area (Å²) in [5.74, 6) is -1.11. The summed E-state index contributed by atoms with van der Waals surface area (Å²) >= 11 is 19.0. The topological polar surface area (TPSA) is 72.4 Å². The van der Waals surface area contributed by atoms with Crippen LogP contribution in [0.2, 0.25) is 15.1 Å². The number of likely N-dealkylation sites (N-methyl/N-ethyl adjacent to an activating group) is 1. The standard InChI is InChI=1S/C25H25Cl3FN3O3S/c1-32(2)22-9-15(18-10-16(26)4-5-19(18)27)3-6-23(22)35-24-12-21(29)25(11-20(24)28)36(33,34)13-17-7-8-30-14-31-17/h4-5,7-8,10-12,14-15,22-23H,3,6,9,13H2,1-2H3/t15-,22-,23-/m0/s1. The fraction of sp³-hybridized carbons (Fsp3) is 0.360. The van der Waals surface area contributed by atoms with E-state index in [1.807, 2.05) is 20.2 Å². The summed E-state index contributed by atoms with van der Waals surface area (Å²) in [6.45, 7) is 0. The minimum absolute atomic E-state index is 0.0147. The minimum atomic E-state index is -4.02. The largest absolute Gasteiger partial charge is 0.487 e. The van der Waals surface area contributed by atoms with Crippen molar-refractivity contribution in [2.24, 2.45) is 0 Å². The lowest BCUT2D eigenvalue weighted by atomic mass is 9.79. The highest BCUT2D eigenvalue weighted by Gasteiger charge is 2.35. The highest BCUT2D eigenvalue weighted by atomic mass is 35.5. The van der Waals surface area contributed by atoms with E-state index in [4.69, 9.17) is 39.5 Å². The number of hydrogen-bond donors (Lipinski definition) is 0. The third-order valence-corrected chi connectivity index (χ3v) is 8.93. The third kappa shape index (κ3) is 6.11. The van der Waals surface area contributed by atoms with Gasteiger partial charge in [0, 0.05) is 28.4 Å². The van der Waals surface area contributed by atoms with Gasteiger partial charge in [-0.2, -0.15) is 0 Å². The van der Waals surface area contributed by atoms with Gasteiger partial charge in [0.15, 0.2) is 9.84 Å². The zero-order valence-electron chi connectivity index (χ0n) is 19.7. The number of ether oxygens (including phenoxy) is 1. The van der Waals surface area contributed by atoms with Crippen molar-refractivity contribution < 1.29 is 17.5 Å². The maximum Gasteiger partial charge on any atom is 0.187 e. The SMILES string of the molecule is CN(C)[C@H]1C[C@@H](c2cc(Cl)ccc2Cl)CC[C@@H]1Oc1cc(F)c(S(=O)(=O)Cc2ccncn2)cc1Cl. The molecule has 0 saturated heterocycles. The summed E-state index contributed by atoms with van der Waals surface area (Å²) in [5, 5.41) is 1.33. The van der Waals surface area contributed by atoms with Crippen LogP contribution in [0.5, 0.6) is 5.75 Å². The van der Waals surface area contributed by atoms with Gasteiger partial charge < -0.3 is 9.64 Å². The van der Waals surface area contributed by atoms with Crippen molar-refractivity contribution in [3.8, 4) is 5.75 Å². The molecule has 1 aliphatic carbocycles. The van der Waals surface area contributed by atoms with Crippen LogP contribution in [-0.2, 0) is 15.6 Å². The van der Waals surface area contributed by atoms with Crippen LogP contribution in [0.4, 0.5) is 4.39 Å². The Morgan fingerprint density at radius 2 is 1.86 bits per heavy atom. The molecule has 0 amide bonds. The average molecular weight is 573 g/mol. The molecule has 1 aromatic heterocycles. The Morgan fingerprint density at radius 3 is 2.56 bits per heavy atom. The van der Waals surface area contributed by atoms with Gasteiger partial charge in [0.2, 0.25) is 0 Å². The Kier molecular flexibility index (Phi) is 8.42. The fourth-order valence-electron chi connectivity index (χ4n) is 4.59. The number of halogens is 4. The molecule has 1 fully saturated rings. The van der Waals surface area contributed by atoms with E-state index in [0.717, 1.165) is 30.5 Å². The smallest absolute Gasteiger partial charge is 0.187 e. The molecule has 1 aliphatic rings. The Morgan fingerprint density at radius 1 is 1.08 bits per heavy atom. The second-order valence-corrected chi connectivity index (χ2v) is 12.2. The summed E-state index contributed by atoms with van der Waals surface area (Å²) < 4.78 is 46.8. The second kappa shape index (κ2) is 11.2. The zero-order valence-corrected chi connectivity index (χ0v) is 22.8. The molecular weight excluding hydrogens is 548 g/mol. The Balaban J connectivity index is 1.54. The molecule has 11 heteroatoms. The maximum absolute atomic E-state index is 15.0. The average Bonchev–Trinajstić information content (AvgIpc) is 2.83. The second-order valence-electron chi connectivity index (χ2n) is 9.04. The first kappa shape index (κ1) is 27.1. The van der Waals surface area contributed by atoms with Crippen molar-refractivity contribution in [3.63, 3.8) is 0 Å². The Hall–Kier alpha value is -1.97. The van der Waals surface area contributed by atoms with Crippen LogP contribution in [0.1, 0.15) is 36.4 Å². The Bertz CT molecular complexity index is 1340. The van der Waals surface area contributed by atoms with Crippen LogP contribution in [0.15, 0.2) is 53.8 Å². The zero-order chi connectivity index (χ0) is 26.0. The summed E-state index contributed by atoms with van der Waals surface area (Å²) in [5.41, 5.74) is 1.25. The first-order valence-corrected chi connectivity index (χ1v) is 14.1. The predicted molar refractivity (Wildman–Crippen MR) is 139 cm³/mol. The van der Waals surface area contributed by atoms with E-state index in [0.29, 0.717) is 16.5 Å². The van der Waals surface area contributed by atoms with E-state index < -0.39 is 26.3 Å². The van der Waals surface area contributed by atoms with Gasteiger partial charge in [-0.1, -0.05) is 34.8 Å². The van der Waals surface area contributed by atoms with Gasteiger partial charge in [0.1, 0.15) is 28.9 Å². The summed E-state index contributed by atoms with van der Waals surface area (Å²) in [6.07, 6.45) is 4.59. The van der Waals surface area contributed by atoms with E-state index in [2.05, 4.69) is 14.9 Å². The summed E-state index contributed by atoms with van der Waals surface area (Å²) in [4.78, 5) is 9.23. The van der Waals surface area contributed by atoms with E-state index in [9.17, 15) is 8.42 Å². The highest BCUT2D eigenvalue weighted by Crippen LogP contribution is 2.41. The lowest BCUT2D eigenvalue weighted by molar-refractivity contribution is 0.0544. The molecule has 1 saturated carbocycles. The molecule has 36 heavy (non-hydrogen) atoms. The van der Waals surface area contributed by atoms with Gasteiger partial charge >= 0.3 is 0 Å². The van der Waals surface area contributed by atoms with Gasteiger partial charge in [-0.15, -0.1) is 0 Å². The molecule has 0 unspecified atom stereocenters. The molecule has 1 heterocycles. The van der Waals surface area contributed by atoms with Crippen molar-refractivity contribution in [1.29, 1.82) is 0 Å². The number of sulfone groups is 1. The van der Waals surface area contributed by atoms with Crippen LogP contribution >= 0.6 is 34.8 Å². The first-order chi connectivity index (χ1) is 17.0. The molecule has 3 atom stereocenters. The van der Waals surface area contributed by atoms with Crippen LogP contribution in [0.25, 0.3) is 0 Å². The van der Waals surface area contributed by atoms with Gasteiger partial charge in [-0.25, -0.2) is 22.8 Å². The van der Waals surface area contributed by atoms with Crippen molar-refractivity contribution in [2.45, 2.75) is 48.0 Å². The van der Waals surface area contributed by atoms with Gasteiger partial charge in [-0.05, 0) is 75.2 Å². The van der Waals surface area contributed by atoms with Crippen LogP contribution in [0.3, 0.4) is 0 Å². The van der Waals surface area contributed by atoms with E-state index in [1.165, 1.54) is 18.6 Å². The number of aromatic nitrogens is 2. The van der Waals surface area contributed by atoms with E-state index in [-0.39, 0.29) is 34.5 Å². The van der Waals surface area contributed by atoms with Crippen molar-refractivity contribution >= 4 is 44.6 Å². The molecule has 0 N–H and O–H groups in total. The maximum atomic E-state index is 15.0. The van der Waals surface area contributed by atoms with Crippen molar-refractivity contribution in [1.82, 2.24) is 14.9 Å². The van der Waals surface area contributed by atoms with Crippen LogP contribution < -0.4 is 4.74 Å². The predicted octanol–water partition coefficient (Wildman–Crippen LogP) is 6.20. The molecule has 0 bridgehead atoms. The molecule has 4 rings (SSSR count). The number of nitrogens with zero attached hydrogens (tertiary/aromatic N) is 3. The molecule has 0 aliphatic heterocycles. The molecular formula is C25H25Cl3FN3O3S. The molecule has 0 radical (unpaired) electrons. The van der Waals surface area contributed by atoms with Crippen molar-refractivity contribution in [2.75, 3.05) is 14.1 Å². The molecule has 192 valence electrons. The number of rotatable bonds is 7. The summed E-state index contributed by atoms with van der Waals surface area (Å²) in [7, 11) is -0.118. The van der Waals surface area contributed by atoms with Crippen molar-refractivity contribution in [3.05, 3.63) is 81.1 Å². The fourth-order valence-corrected chi connectivity index (χ4v) is 6.68. The minimum Gasteiger partial charge on any atom is -0.487 e. The summed E-state index contributed by atoms with van der Waals surface area (Å²) in [6, 6.07) is 9.05. The quantitative estimate of drug-likeness (QED) is 0.336. The van der Waals surface area contributed by atoms with Gasteiger partial charge in [-0.3, -0.25) is 0 Å². The number of hydrogen-bond acceptors (Lipinski definition) is 6. The first-order valence-electron chi connectivity index (χ1n) is 11.3. The number of benzene rings is 2. The van der Waals surface area contributed by atoms with Crippen LogP contribution in [0, 0.1) is 5.82 Å². The van der Waals surface area contributed by atoms with E-state index >= 15 is 4.39 Å². The molecule has 2 aromatic carbocycles. The lowest BCUT2D eigenvalue weighted by Crippen LogP contribution is -2.46.